The topological polar surface area (TPSA) is 95.1 Å². The van der Waals surface area contributed by atoms with Crippen LogP contribution in [0.1, 0.15) is 23.3 Å². The standard InChI is InChI=1S/C21H18FN5O2/c1-13-11-24-21(25-16-4-2-15(22)3-5-16)26-20(13)18-10-14-12-27(19(28)6-8-23)9-7-17(14)29-18/h2-5,10-11H,6-7,9,12H2,1H3,(H,24,25,26). The second kappa shape index (κ2) is 7.72. The Morgan fingerprint density at radius 3 is 2.93 bits per heavy atom. The zero-order valence-electron chi connectivity index (χ0n) is 15.8. The largest absolute Gasteiger partial charge is 0.459 e. The Labute approximate surface area is 166 Å². The summed E-state index contributed by atoms with van der Waals surface area (Å²) in [6.45, 7) is 2.84. The Balaban J connectivity index is 1.58. The number of rotatable bonds is 4. The number of halogens is 1. The van der Waals surface area contributed by atoms with E-state index in [0.29, 0.717) is 42.6 Å². The van der Waals surface area contributed by atoms with Crippen molar-refractivity contribution in [3.05, 3.63) is 59.2 Å². The van der Waals surface area contributed by atoms with E-state index in [9.17, 15) is 9.18 Å². The Morgan fingerprint density at radius 1 is 1.38 bits per heavy atom. The highest BCUT2D eigenvalue weighted by molar-refractivity contribution is 5.78. The number of nitriles is 1. The monoisotopic (exact) mass is 391 g/mol. The summed E-state index contributed by atoms with van der Waals surface area (Å²) in [7, 11) is 0. The molecule has 0 bridgehead atoms. The molecule has 1 aliphatic rings. The molecule has 0 saturated heterocycles. The third-order valence-corrected chi connectivity index (χ3v) is 4.76. The number of nitrogens with one attached hydrogen (secondary N) is 1. The summed E-state index contributed by atoms with van der Waals surface area (Å²) in [6.07, 6.45) is 2.17. The molecule has 3 aromatic rings. The minimum atomic E-state index is -0.315. The van der Waals surface area contributed by atoms with Gasteiger partial charge in [0.05, 0.1) is 6.07 Å². The average molecular weight is 391 g/mol. The van der Waals surface area contributed by atoms with Crippen molar-refractivity contribution in [2.75, 3.05) is 11.9 Å². The van der Waals surface area contributed by atoms with Gasteiger partial charge in [-0.25, -0.2) is 14.4 Å². The van der Waals surface area contributed by atoms with Gasteiger partial charge >= 0.3 is 0 Å². The summed E-state index contributed by atoms with van der Waals surface area (Å²) >= 11 is 0. The summed E-state index contributed by atoms with van der Waals surface area (Å²) in [6, 6.07) is 9.72. The zero-order valence-corrected chi connectivity index (χ0v) is 15.8. The first-order valence-electron chi connectivity index (χ1n) is 9.16. The molecule has 4 rings (SSSR count). The maximum Gasteiger partial charge on any atom is 0.237 e. The van der Waals surface area contributed by atoms with Crippen LogP contribution in [0.5, 0.6) is 0 Å². The van der Waals surface area contributed by atoms with E-state index in [4.69, 9.17) is 9.68 Å². The van der Waals surface area contributed by atoms with E-state index in [1.165, 1.54) is 12.1 Å². The van der Waals surface area contributed by atoms with E-state index >= 15 is 0 Å². The molecular formula is C21H18FN5O2. The molecule has 1 aliphatic heterocycles. The van der Waals surface area contributed by atoms with E-state index in [2.05, 4.69) is 15.3 Å². The second-order valence-corrected chi connectivity index (χ2v) is 6.82. The predicted molar refractivity (Wildman–Crippen MR) is 104 cm³/mol. The summed E-state index contributed by atoms with van der Waals surface area (Å²) in [4.78, 5) is 22.5. The SMILES string of the molecule is Cc1cnc(Nc2ccc(F)cc2)nc1-c1cc2c(o1)CCN(C(=O)CC#N)C2. The summed E-state index contributed by atoms with van der Waals surface area (Å²) in [5, 5.41) is 11.8. The summed E-state index contributed by atoms with van der Waals surface area (Å²) in [5.41, 5.74) is 3.09. The molecule has 0 fully saturated rings. The molecule has 0 spiro atoms. The van der Waals surface area contributed by atoms with Crippen molar-refractivity contribution in [1.29, 1.82) is 5.26 Å². The van der Waals surface area contributed by atoms with Gasteiger partial charge in [0.2, 0.25) is 11.9 Å². The highest BCUT2D eigenvalue weighted by Gasteiger charge is 2.25. The number of carbonyl (C=O) groups is 1. The van der Waals surface area contributed by atoms with Crippen LogP contribution in [-0.4, -0.2) is 27.3 Å². The van der Waals surface area contributed by atoms with Gasteiger partial charge in [-0.15, -0.1) is 0 Å². The number of anilines is 2. The van der Waals surface area contributed by atoms with Gasteiger partial charge in [-0.2, -0.15) is 5.26 Å². The molecular weight excluding hydrogens is 373 g/mol. The number of hydrogen-bond donors (Lipinski definition) is 1. The van der Waals surface area contributed by atoms with Gasteiger partial charge in [-0.05, 0) is 42.8 Å². The predicted octanol–water partition coefficient (Wildman–Crippen LogP) is 3.73. The Kier molecular flexibility index (Phi) is 4.96. The third kappa shape index (κ3) is 3.94. The van der Waals surface area contributed by atoms with Crippen LogP contribution in [0.15, 0.2) is 40.9 Å². The van der Waals surface area contributed by atoms with E-state index in [1.54, 1.807) is 23.2 Å². The summed E-state index contributed by atoms with van der Waals surface area (Å²) < 4.78 is 19.1. The molecule has 1 amide bonds. The minimum Gasteiger partial charge on any atom is -0.459 e. The Morgan fingerprint density at radius 2 is 2.17 bits per heavy atom. The summed E-state index contributed by atoms with van der Waals surface area (Å²) in [5.74, 6) is 1.31. The maximum absolute atomic E-state index is 13.1. The number of aromatic nitrogens is 2. The van der Waals surface area contributed by atoms with E-state index in [0.717, 1.165) is 16.9 Å². The maximum atomic E-state index is 13.1. The number of furan rings is 1. The fraction of sp³-hybridized carbons (Fsp3) is 0.238. The van der Waals surface area contributed by atoms with E-state index in [-0.39, 0.29) is 18.1 Å². The fourth-order valence-electron chi connectivity index (χ4n) is 3.26. The van der Waals surface area contributed by atoms with Crippen molar-refractivity contribution >= 4 is 17.5 Å². The number of amides is 1. The highest BCUT2D eigenvalue weighted by atomic mass is 19.1. The van der Waals surface area contributed by atoms with Crippen LogP contribution in [0.25, 0.3) is 11.5 Å². The number of benzene rings is 1. The van der Waals surface area contributed by atoms with Gasteiger partial charge in [0.1, 0.15) is 23.7 Å². The molecule has 146 valence electrons. The normalized spacial score (nSPS) is 12.9. The van der Waals surface area contributed by atoms with Crippen molar-refractivity contribution in [3.8, 4) is 17.5 Å². The van der Waals surface area contributed by atoms with Crippen molar-refractivity contribution in [2.24, 2.45) is 0 Å². The van der Waals surface area contributed by atoms with Gasteiger partial charge in [-0.1, -0.05) is 0 Å². The molecule has 3 heterocycles. The first-order valence-corrected chi connectivity index (χ1v) is 9.16. The highest BCUT2D eigenvalue weighted by Crippen LogP contribution is 2.31. The van der Waals surface area contributed by atoms with Gasteiger partial charge in [-0.3, -0.25) is 4.79 Å². The van der Waals surface area contributed by atoms with Crippen LogP contribution in [-0.2, 0) is 17.8 Å². The average Bonchev–Trinajstić information content (AvgIpc) is 3.14. The van der Waals surface area contributed by atoms with Crippen LogP contribution in [0.2, 0.25) is 0 Å². The molecule has 0 saturated carbocycles. The molecule has 0 unspecified atom stereocenters. The number of aryl methyl sites for hydroxylation is 1. The molecule has 2 aromatic heterocycles. The van der Waals surface area contributed by atoms with Crippen LogP contribution in [0.3, 0.4) is 0 Å². The molecule has 0 aliphatic carbocycles. The van der Waals surface area contributed by atoms with Crippen LogP contribution >= 0.6 is 0 Å². The van der Waals surface area contributed by atoms with Crippen LogP contribution in [0, 0.1) is 24.1 Å². The van der Waals surface area contributed by atoms with Crippen LogP contribution in [0.4, 0.5) is 16.0 Å². The second-order valence-electron chi connectivity index (χ2n) is 6.82. The van der Waals surface area contributed by atoms with Gasteiger partial charge in [0.15, 0.2) is 5.76 Å². The first-order chi connectivity index (χ1) is 14.0. The van der Waals surface area contributed by atoms with Crippen molar-refractivity contribution in [1.82, 2.24) is 14.9 Å². The van der Waals surface area contributed by atoms with Gasteiger partial charge < -0.3 is 14.6 Å². The Bertz CT molecular complexity index is 1100. The third-order valence-electron chi connectivity index (χ3n) is 4.76. The smallest absolute Gasteiger partial charge is 0.237 e. The van der Waals surface area contributed by atoms with Gasteiger partial charge in [0.25, 0.3) is 0 Å². The zero-order chi connectivity index (χ0) is 20.4. The molecule has 1 N–H and O–H groups in total. The van der Waals surface area contributed by atoms with Gasteiger partial charge in [0, 0.05) is 37.0 Å². The molecule has 1 aromatic carbocycles. The van der Waals surface area contributed by atoms with Crippen molar-refractivity contribution < 1.29 is 13.6 Å². The lowest BCUT2D eigenvalue weighted by Crippen LogP contribution is -2.35. The van der Waals surface area contributed by atoms with Crippen LogP contribution < -0.4 is 5.32 Å². The van der Waals surface area contributed by atoms with E-state index in [1.807, 2.05) is 19.1 Å². The number of carbonyl (C=O) groups excluding carboxylic acids is 1. The molecule has 29 heavy (non-hydrogen) atoms. The molecule has 8 heteroatoms. The lowest BCUT2D eigenvalue weighted by molar-refractivity contribution is -0.131. The lowest BCUT2D eigenvalue weighted by Gasteiger charge is -2.25. The number of nitrogens with zero attached hydrogens (tertiary/aromatic N) is 4. The Hall–Kier alpha value is -3.73. The van der Waals surface area contributed by atoms with E-state index < -0.39 is 0 Å². The molecule has 0 atom stereocenters. The quantitative estimate of drug-likeness (QED) is 0.728. The minimum absolute atomic E-state index is 0.122. The number of fused-ring (bicyclic) bond motifs is 1. The fourth-order valence-corrected chi connectivity index (χ4v) is 3.26. The van der Waals surface area contributed by atoms with Crippen molar-refractivity contribution in [2.45, 2.75) is 26.3 Å². The lowest BCUT2D eigenvalue weighted by atomic mass is 10.1. The first kappa shape index (κ1) is 18.6. The number of hydrogen-bond acceptors (Lipinski definition) is 6. The van der Waals surface area contributed by atoms with Crippen molar-refractivity contribution in [3.63, 3.8) is 0 Å². The molecule has 7 nitrogen and oxygen atoms in total. The molecule has 0 radical (unpaired) electrons.